The average molecular weight is 376 g/mol. The lowest BCUT2D eigenvalue weighted by molar-refractivity contribution is -0.0498. The zero-order valence-electron chi connectivity index (χ0n) is 11.1. The van der Waals surface area contributed by atoms with E-state index in [-0.39, 0.29) is 11.7 Å². The quantitative estimate of drug-likeness (QED) is 0.775. The number of thiophene rings is 1. The molecule has 2 rings (SSSR count). The Bertz CT molecular complexity index is 616. The van der Waals surface area contributed by atoms with Crippen molar-refractivity contribution < 1.29 is 18.3 Å². The predicted molar refractivity (Wildman–Crippen MR) is 80.9 cm³/mol. The van der Waals surface area contributed by atoms with Gasteiger partial charge in [0.2, 0.25) is 0 Å². The molecule has 0 saturated carbocycles. The minimum Gasteiger partial charge on any atom is -0.435 e. The number of carbonyl (C=O) groups excluding carboxylic acids is 1. The first kappa shape index (κ1) is 15.9. The monoisotopic (exact) mass is 375 g/mol. The van der Waals surface area contributed by atoms with Crippen LogP contribution in [0, 0.1) is 0 Å². The van der Waals surface area contributed by atoms with Crippen LogP contribution in [0.1, 0.15) is 15.9 Å². The molecule has 7 heteroatoms. The fourth-order valence-corrected chi connectivity index (χ4v) is 2.97. The third-order valence-electron chi connectivity index (χ3n) is 2.71. The summed E-state index contributed by atoms with van der Waals surface area (Å²) in [6, 6.07) is 7.61. The van der Waals surface area contributed by atoms with Gasteiger partial charge in [0.15, 0.2) is 0 Å². The highest BCUT2D eigenvalue weighted by molar-refractivity contribution is 9.11. The molecule has 112 valence electrons. The largest absolute Gasteiger partial charge is 0.435 e. The minimum atomic E-state index is -2.87. The van der Waals surface area contributed by atoms with Crippen LogP contribution >= 0.6 is 27.3 Å². The Morgan fingerprint density at radius 1 is 1.38 bits per heavy atom. The number of ether oxygens (including phenoxy) is 1. The van der Waals surface area contributed by atoms with Crippen LogP contribution in [0.4, 0.5) is 8.78 Å². The van der Waals surface area contributed by atoms with Gasteiger partial charge in [0, 0.05) is 19.2 Å². The molecule has 0 aliphatic heterocycles. The van der Waals surface area contributed by atoms with Crippen molar-refractivity contribution in [3.05, 3.63) is 50.6 Å². The van der Waals surface area contributed by atoms with Crippen LogP contribution in [0.3, 0.4) is 0 Å². The number of halogens is 3. The zero-order chi connectivity index (χ0) is 15.4. The first-order chi connectivity index (χ1) is 9.95. The highest BCUT2D eigenvalue weighted by atomic mass is 79.9. The maximum atomic E-state index is 12.2. The molecule has 1 heterocycles. The van der Waals surface area contributed by atoms with Gasteiger partial charge in [-0.05, 0) is 57.2 Å². The van der Waals surface area contributed by atoms with Crippen molar-refractivity contribution in [1.82, 2.24) is 4.90 Å². The minimum absolute atomic E-state index is 0.0333. The standard InChI is InChI=1S/C14H12BrF2NO2S/c1-18(7-9-6-12(15)21-8-9)13(19)10-2-4-11(5-3-10)20-14(16)17/h2-6,8,14H,7H2,1H3. The SMILES string of the molecule is CN(Cc1csc(Br)c1)C(=O)c1ccc(OC(F)F)cc1. The maximum absolute atomic E-state index is 12.2. The number of rotatable bonds is 5. The van der Waals surface area contributed by atoms with E-state index in [1.165, 1.54) is 24.3 Å². The molecule has 0 radical (unpaired) electrons. The second kappa shape index (κ2) is 7.00. The second-order valence-electron chi connectivity index (χ2n) is 4.32. The first-order valence-corrected chi connectivity index (χ1v) is 7.66. The highest BCUT2D eigenvalue weighted by Crippen LogP contribution is 2.22. The molecule has 1 amide bonds. The van der Waals surface area contributed by atoms with E-state index < -0.39 is 6.61 Å². The van der Waals surface area contributed by atoms with E-state index in [1.54, 1.807) is 23.3 Å². The van der Waals surface area contributed by atoms with E-state index in [0.29, 0.717) is 12.1 Å². The van der Waals surface area contributed by atoms with Crippen molar-refractivity contribution in [2.24, 2.45) is 0 Å². The molecule has 0 saturated heterocycles. The fraction of sp³-hybridized carbons (Fsp3) is 0.214. The fourth-order valence-electron chi connectivity index (χ4n) is 1.77. The zero-order valence-corrected chi connectivity index (χ0v) is 13.5. The Labute approximate surface area is 133 Å². The summed E-state index contributed by atoms with van der Waals surface area (Å²) in [5.74, 6) is -0.146. The maximum Gasteiger partial charge on any atom is 0.387 e. The molecule has 0 N–H and O–H groups in total. The summed E-state index contributed by atoms with van der Waals surface area (Å²) in [5, 5.41) is 1.97. The number of nitrogens with zero attached hydrogens (tertiary/aromatic N) is 1. The van der Waals surface area contributed by atoms with E-state index in [1.807, 2.05) is 11.4 Å². The Kier molecular flexibility index (Phi) is 5.30. The molecular formula is C14H12BrF2NO2S. The van der Waals surface area contributed by atoms with E-state index in [0.717, 1.165) is 9.35 Å². The van der Waals surface area contributed by atoms with Crippen LogP contribution in [-0.4, -0.2) is 24.5 Å². The third kappa shape index (κ3) is 4.50. The van der Waals surface area contributed by atoms with Gasteiger partial charge in [-0.2, -0.15) is 8.78 Å². The van der Waals surface area contributed by atoms with E-state index in [2.05, 4.69) is 20.7 Å². The molecule has 1 aromatic carbocycles. The van der Waals surface area contributed by atoms with E-state index in [4.69, 9.17) is 0 Å². The van der Waals surface area contributed by atoms with E-state index in [9.17, 15) is 13.6 Å². The van der Waals surface area contributed by atoms with Gasteiger partial charge in [0.05, 0.1) is 3.79 Å². The number of alkyl halides is 2. The van der Waals surface area contributed by atoms with Crippen molar-refractivity contribution >= 4 is 33.2 Å². The first-order valence-electron chi connectivity index (χ1n) is 5.99. The highest BCUT2D eigenvalue weighted by Gasteiger charge is 2.13. The third-order valence-corrected chi connectivity index (χ3v) is 4.27. The van der Waals surface area contributed by atoms with Crippen molar-refractivity contribution in [1.29, 1.82) is 0 Å². The van der Waals surface area contributed by atoms with Gasteiger partial charge in [0.1, 0.15) is 5.75 Å². The molecular weight excluding hydrogens is 364 g/mol. The number of amides is 1. The van der Waals surface area contributed by atoms with E-state index >= 15 is 0 Å². The Morgan fingerprint density at radius 3 is 2.57 bits per heavy atom. The molecule has 0 spiro atoms. The molecule has 0 aliphatic carbocycles. The summed E-state index contributed by atoms with van der Waals surface area (Å²) in [6.45, 7) is -2.39. The van der Waals surface area contributed by atoms with Gasteiger partial charge < -0.3 is 9.64 Å². The van der Waals surface area contributed by atoms with Crippen LogP contribution in [0.2, 0.25) is 0 Å². The summed E-state index contributed by atoms with van der Waals surface area (Å²) in [5.41, 5.74) is 1.45. The van der Waals surface area contributed by atoms with Gasteiger partial charge in [-0.15, -0.1) is 11.3 Å². The summed E-state index contributed by atoms with van der Waals surface area (Å²) in [6.07, 6.45) is 0. The predicted octanol–water partition coefficient (Wildman–Crippen LogP) is 4.38. The summed E-state index contributed by atoms with van der Waals surface area (Å²) < 4.78 is 29.4. The smallest absolute Gasteiger partial charge is 0.387 e. The molecule has 0 aliphatic rings. The number of hydrogen-bond acceptors (Lipinski definition) is 3. The number of benzene rings is 1. The number of hydrogen-bond donors (Lipinski definition) is 0. The van der Waals surface area contributed by atoms with Gasteiger partial charge in [-0.3, -0.25) is 4.79 Å². The van der Waals surface area contributed by atoms with Crippen molar-refractivity contribution in [3.63, 3.8) is 0 Å². The van der Waals surface area contributed by atoms with Crippen LogP contribution in [-0.2, 0) is 6.54 Å². The van der Waals surface area contributed by atoms with Gasteiger partial charge in [-0.25, -0.2) is 0 Å². The molecule has 1 aromatic heterocycles. The van der Waals surface area contributed by atoms with Crippen molar-refractivity contribution in [2.45, 2.75) is 13.2 Å². The topological polar surface area (TPSA) is 29.5 Å². The Hall–Kier alpha value is -1.47. The second-order valence-corrected chi connectivity index (χ2v) is 6.61. The molecule has 3 nitrogen and oxygen atoms in total. The normalized spacial score (nSPS) is 10.7. The summed E-state index contributed by atoms with van der Waals surface area (Å²) in [4.78, 5) is 13.8. The molecule has 0 fully saturated rings. The van der Waals surface area contributed by atoms with Gasteiger partial charge >= 0.3 is 6.61 Å². The van der Waals surface area contributed by atoms with Crippen LogP contribution in [0.5, 0.6) is 5.75 Å². The average Bonchev–Trinajstić information content (AvgIpc) is 2.83. The lowest BCUT2D eigenvalue weighted by atomic mass is 10.2. The van der Waals surface area contributed by atoms with Crippen LogP contribution < -0.4 is 4.74 Å². The van der Waals surface area contributed by atoms with Crippen molar-refractivity contribution in [3.8, 4) is 5.75 Å². The van der Waals surface area contributed by atoms with Gasteiger partial charge in [-0.1, -0.05) is 0 Å². The summed E-state index contributed by atoms with van der Waals surface area (Å²) >= 11 is 4.92. The number of carbonyl (C=O) groups is 1. The van der Waals surface area contributed by atoms with Gasteiger partial charge in [0.25, 0.3) is 5.91 Å². The molecule has 0 unspecified atom stereocenters. The lowest BCUT2D eigenvalue weighted by Crippen LogP contribution is -2.25. The van der Waals surface area contributed by atoms with Crippen LogP contribution in [0.15, 0.2) is 39.5 Å². The molecule has 2 aromatic rings. The lowest BCUT2D eigenvalue weighted by Gasteiger charge is -2.16. The van der Waals surface area contributed by atoms with Crippen molar-refractivity contribution in [2.75, 3.05) is 7.05 Å². The Balaban J connectivity index is 2.01. The molecule has 0 bridgehead atoms. The molecule has 0 atom stereocenters. The summed E-state index contributed by atoms with van der Waals surface area (Å²) in [7, 11) is 1.69. The van der Waals surface area contributed by atoms with Crippen LogP contribution in [0.25, 0.3) is 0 Å². The molecule has 21 heavy (non-hydrogen) atoms. The Morgan fingerprint density at radius 2 is 2.05 bits per heavy atom.